The van der Waals surface area contributed by atoms with Gasteiger partial charge in [-0.1, -0.05) is 224 Å². The number of hydrogen-bond acceptors (Lipinski definition) is 6. The van der Waals surface area contributed by atoms with E-state index in [2.05, 4.69) is 31.3 Å². The number of phosphoric ester groups is 1. The zero-order valence-electron chi connectivity index (χ0n) is 41.1. The molecule has 0 rings (SSSR count). The summed E-state index contributed by atoms with van der Waals surface area (Å²) in [5.41, 5.74) is 0. The summed E-state index contributed by atoms with van der Waals surface area (Å²) in [6.07, 6.45) is 53.8. The number of nitrogens with one attached hydrogen (secondary N) is 1. The number of aliphatic hydroxyl groups is 1. The van der Waals surface area contributed by atoms with Crippen LogP contribution in [0.5, 0.6) is 0 Å². The van der Waals surface area contributed by atoms with Crippen molar-refractivity contribution in [3.63, 3.8) is 0 Å². The van der Waals surface area contributed by atoms with Crippen LogP contribution in [-0.2, 0) is 18.4 Å². The molecule has 362 valence electrons. The first kappa shape index (κ1) is 60.0. The molecule has 0 aromatic heterocycles. The van der Waals surface area contributed by atoms with Crippen molar-refractivity contribution in [1.82, 2.24) is 5.32 Å². The molecule has 0 aromatic rings. The highest BCUT2D eigenvalue weighted by atomic mass is 31.2. The molecule has 0 saturated carbocycles. The molecule has 9 heteroatoms. The van der Waals surface area contributed by atoms with Gasteiger partial charge in [-0.2, -0.15) is 0 Å². The summed E-state index contributed by atoms with van der Waals surface area (Å²) in [5, 5.41) is 13.8. The molecule has 0 aliphatic rings. The van der Waals surface area contributed by atoms with E-state index in [1.54, 1.807) is 6.08 Å². The van der Waals surface area contributed by atoms with E-state index in [9.17, 15) is 19.4 Å². The summed E-state index contributed by atoms with van der Waals surface area (Å²) in [5.74, 6) is -0.197. The van der Waals surface area contributed by atoms with Crippen LogP contribution < -0.4 is 10.2 Å². The molecule has 0 aliphatic heterocycles. The van der Waals surface area contributed by atoms with E-state index in [1.165, 1.54) is 193 Å². The van der Waals surface area contributed by atoms with Gasteiger partial charge in [0.25, 0.3) is 7.82 Å². The number of unbranched alkanes of at least 4 members (excludes halogenated alkanes) is 33. The standard InChI is InChI=1S/C52H103N2O6P/c1-6-8-10-12-14-16-18-20-22-23-24-25-26-27-28-29-30-31-32-34-36-38-40-42-44-46-52(56)53-50(49-60-61(57,58)59-48-47-54(3,4)5)51(55)45-43-41-39-37-35-33-21-19-17-15-13-11-9-7-2/h27-28,43,45,50-51,55H,6-26,29-42,44,46-49H2,1-5H3,(H-,53,56,57,58)/b28-27-,45-43+. The molecule has 3 atom stereocenters. The van der Waals surface area contributed by atoms with Crippen LogP contribution >= 0.6 is 7.82 Å². The predicted octanol–water partition coefficient (Wildman–Crippen LogP) is 14.6. The molecule has 0 spiro atoms. The number of hydrogen-bond donors (Lipinski definition) is 2. The first-order chi connectivity index (χ1) is 29.5. The minimum atomic E-state index is -4.59. The van der Waals surface area contributed by atoms with Gasteiger partial charge in [-0.25, -0.2) is 0 Å². The number of likely N-dealkylation sites (N-methyl/N-ethyl adjacent to an activating group) is 1. The van der Waals surface area contributed by atoms with Gasteiger partial charge in [-0.3, -0.25) is 9.36 Å². The monoisotopic (exact) mass is 883 g/mol. The Morgan fingerprint density at radius 3 is 1.28 bits per heavy atom. The van der Waals surface area contributed by atoms with Gasteiger partial charge in [0.2, 0.25) is 5.91 Å². The van der Waals surface area contributed by atoms with E-state index < -0.39 is 20.0 Å². The fourth-order valence-corrected chi connectivity index (χ4v) is 8.46. The molecule has 0 aliphatic carbocycles. The maximum absolute atomic E-state index is 12.9. The van der Waals surface area contributed by atoms with Crippen molar-refractivity contribution in [3.05, 3.63) is 24.3 Å². The summed E-state index contributed by atoms with van der Waals surface area (Å²) >= 11 is 0. The smallest absolute Gasteiger partial charge is 0.268 e. The van der Waals surface area contributed by atoms with Gasteiger partial charge < -0.3 is 28.8 Å². The zero-order chi connectivity index (χ0) is 45.0. The molecule has 0 heterocycles. The lowest BCUT2D eigenvalue weighted by molar-refractivity contribution is -0.870. The van der Waals surface area contributed by atoms with Gasteiger partial charge in [0.05, 0.1) is 39.9 Å². The highest BCUT2D eigenvalue weighted by molar-refractivity contribution is 7.45. The molecule has 3 unspecified atom stereocenters. The van der Waals surface area contributed by atoms with E-state index in [4.69, 9.17) is 9.05 Å². The molecule has 0 radical (unpaired) electrons. The second-order valence-corrected chi connectivity index (χ2v) is 20.6. The third-order valence-electron chi connectivity index (χ3n) is 11.9. The first-order valence-electron chi connectivity index (χ1n) is 26.2. The maximum atomic E-state index is 12.9. The average molecular weight is 883 g/mol. The Morgan fingerprint density at radius 2 is 0.902 bits per heavy atom. The lowest BCUT2D eigenvalue weighted by Gasteiger charge is -2.29. The summed E-state index contributed by atoms with van der Waals surface area (Å²) < 4.78 is 23.3. The van der Waals surface area contributed by atoms with Crippen LogP contribution in [0.2, 0.25) is 0 Å². The Hall–Kier alpha value is -1.02. The molecule has 1 amide bonds. The van der Waals surface area contributed by atoms with Crippen molar-refractivity contribution < 1.29 is 32.9 Å². The lowest BCUT2D eigenvalue weighted by Crippen LogP contribution is -2.45. The van der Waals surface area contributed by atoms with E-state index in [0.717, 1.165) is 38.5 Å². The average Bonchev–Trinajstić information content (AvgIpc) is 3.21. The van der Waals surface area contributed by atoms with Crippen LogP contribution in [0, 0.1) is 0 Å². The molecule has 0 saturated heterocycles. The van der Waals surface area contributed by atoms with Crippen LogP contribution in [0.4, 0.5) is 0 Å². The number of carbonyl (C=O) groups is 1. The number of rotatable bonds is 48. The highest BCUT2D eigenvalue weighted by Gasteiger charge is 2.23. The fraction of sp³-hybridized carbons (Fsp3) is 0.904. The number of nitrogens with zero attached hydrogens (tertiary/aromatic N) is 1. The molecule has 8 nitrogen and oxygen atoms in total. The normalized spacial score (nSPS) is 14.3. The number of carbonyl (C=O) groups excluding carboxylic acids is 1. The van der Waals surface area contributed by atoms with Crippen LogP contribution in [0.25, 0.3) is 0 Å². The Morgan fingerprint density at radius 1 is 0.557 bits per heavy atom. The van der Waals surface area contributed by atoms with Gasteiger partial charge >= 0.3 is 0 Å². The molecule has 61 heavy (non-hydrogen) atoms. The fourth-order valence-electron chi connectivity index (χ4n) is 7.74. The summed E-state index contributed by atoms with van der Waals surface area (Å²) in [6, 6.07) is -0.885. The number of amides is 1. The molecule has 0 fully saturated rings. The van der Waals surface area contributed by atoms with Gasteiger partial charge in [-0.15, -0.1) is 0 Å². The van der Waals surface area contributed by atoms with E-state index in [-0.39, 0.29) is 19.1 Å². The van der Waals surface area contributed by atoms with Gasteiger partial charge in [0, 0.05) is 6.42 Å². The Kier molecular flexibility index (Phi) is 43.5. The van der Waals surface area contributed by atoms with Crippen LogP contribution in [0.15, 0.2) is 24.3 Å². The van der Waals surface area contributed by atoms with Crippen LogP contribution in [0.3, 0.4) is 0 Å². The zero-order valence-corrected chi connectivity index (χ0v) is 42.0. The molecule has 0 bridgehead atoms. The van der Waals surface area contributed by atoms with Crippen LogP contribution in [0.1, 0.15) is 251 Å². The predicted molar refractivity (Wildman–Crippen MR) is 261 cm³/mol. The van der Waals surface area contributed by atoms with Crippen molar-refractivity contribution in [1.29, 1.82) is 0 Å². The van der Waals surface area contributed by atoms with Crippen molar-refractivity contribution in [2.45, 2.75) is 264 Å². The maximum Gasteiger partial charge on any atom is 0.268 e. The summed E-state index contributed by atoms with van der Waals surface area (Å²) in [6.45, 7) is 4.67. The first-order valence-corrected chi connectivity index (χ1v) is 27.7. The van der Waals surface area contributed by atoms with E-state index >= 15 is 0 Å². The second kappa shape index (κ2) is 44.2. The SMILES string of the molecule is CCCCCCCCCCCCCC/C=C\CCCCCCCCCCCC(=O)NC(COP(=O)([O-])OCC[N+](C)(C)C)C(O)/C=C/CCCCCCCCCCCCCC. The van der Waals surface area contributed by atoms with Gasteiger partial charge in [0.1, 0.15) is 13.2 Å². The highest BCUT2D eigenvalue weighted by Crippen LogP contribution is 2.38. The third kappa shape index (κ3) is 46.8. The Labute approximate surface area is 379 Å². The quantitative estimate of drug-likeness (QED) is 0.0273. The van der Waals surface area contributed by atoms with E-state index in [1.807, 2.05) is 27.2 Å². The topological polar surface area (TPSA) is 108 Å². The van der Waals surface area contributed by atoms with Gasteiger partial charge in [-0.05, 0) is 44.9 Å². The van der Waals surface area contributed by atoms with Gasteiger partial charge in [0.15, 0.2) is 0 Å². The number of phosphoric acid groups is 1. The molecular formula is C52H103N2O6P. The minimum Gasteiger partial charge on any atom is -0.756 e. The number of aliphatic hydroxyl groups excluding tert-OH is 1. The second-order valence-electron chi connectivity index (χ2n) is 19.2. The number of allylic oxidation sites excluding steroid dienone is 3. The molecular weight excluding hydrogens is 780 g/mol. The van der Waals surface area contributed by atoms with Crippen LogP contribution in [-0.4, -0.2) is 68.5 Å². The molecule has 0 aromatic carbocycles. The largest absolute Gasteiger partial charge is 0.756 e. The number of quaternary nitrogens is 1. The minimum absolute atomic E-state index is 0.00000705. The van der Waals surface area contributed by atoms with Crippen molar-refractivity contribution in [2.75, 3.05) is 40.9 Å². The summed E-state index contributed by atoms with van der Waals surface area (Å²) in [7, 11) is 1.27. The molecule has 2 N–H and O–H groups in total. The third-order valence-corrected chi connectivity index (χ3v) is 12.9. The van der Waals surface area contributed by atoms with Crippen molar-refractivity contribution in [3.8, 4) is 0 Å². The Balaban J connectivity index is 4.20. The lowest BCUT2D eigenvalue weighted by atomic mass is 10.0. The summed E-state index contributed by atoms with van der Waals surface area (Å²) in [4.78, 5) is 25.4. The van der Waals surface area contributed by atoms with Crippen molar-refractivity contribution in [2.24, 2.45) is 0 Å². The Bertz CT molecular complexity index is 1050. The van der Waals surface area contributed by atoms with E-state index in [0.29, 0.717) is 17.4 Å². The van der Waals surface area contributed by atoms with Crippen molar-refractivity contribution >= 4 is 13.7 Å².